The van der Waals surface area contributed by atoms with E-state index in [1.807, 2.05) is 0 Å². The van der Waals surface area contributed by atoms with Crippen LogP contribution < -0.4 is 0 Å². The van der Waals surface area contributed by atoms with Crippen LogP contribution in [0.15, 0.2) is 18.2 Å². The van der Waals surface area contributed by atoms with E-state index < -0.39 is 28.7 Å². The first-order valence-corrected chi connectivity index (χ1v) is 8.21. The zero-order chi connectivity index (χ0) is 19.3. The summed E-state index contributed by atoms with van der Waals surface area (Å²) in [6.45, 7) is 2.68. The minimum Gasteiger partial charge on any atom is -0.465 e. The highest BCUT2D eigenvalue weighted by Crippen LogP contribution is 2.20. The maximum atomic E-state index is 12.3. The van der Waals surface area contributed by atoms with Gasteiger partial charge in [-0.25, -0.2) is 9.59 Å². The second-order valence-electron chi connectivity index (χ2n) is 5.95. The van der Waals surface area contributed by atoms with Crippen LogP contribution in [0.3, 0.4) is 0 Å². The molecule has 0 aliphatic carbocycles. The molecule has 0 saturated carbocycles. The molecule has 1 aliphatic heterocycles. The number of non-ortho nitro benzene ring substituents is 1. The van der Waals surface area contributed by atoms with E-state index in [2.05, 4.69) is 4.74 Å². The molecule has 0 unspecified atom stereocenters. The van der Waals surface area contributed by atoms with Crippen LogP contribution in [0, 0.1) is 10.1 Å². The number of amides is 1. The number of ether oxygens (including phenoxy) is 2. The third-order valence-electron chi connectivity index (χ3n) is 4.08. The zero-order valence-electron chi connectivity index (χ0n) is 14.6. The summed E-state index contributed by atoms with van der Waals surface area (Å²) in [6, 6.07) is 3.14. The Balaban J connectivity index is 2.17. The molecule has 1 saturated heterocycles. The first-order chi connectivity index (χ1) is 12.3. The maximum Gasteiger partial charge on any atom is 0.339 e. The van der Waals surface area contributed by atoms with Gasteiger partial charge in [-0.05, 0) is 32.3 Å². The molecule has 1 heterocycles. The first-order valence-electron chi connectivity index (χ1n) is 8.21. The Morgan fingerprint density at radius 2 is 1.65 bits per heavy atom. The van der Waals surface area contributed by atoms with Gasteiger partial charge in [0.25, 0.3) is 11.6 Å². The predicted octanol–water partition coefficient (Wildman–Crippen LogP) is 1.94. The molecule has 140 valence electrons. The first kappa shape index (κ1) is 19.4. The van der Waals surface area contributed by atoms with Gasteiger partial charge in [-0.15, -0.1) is 0 Å². The van der Waals surface area contributed by atoms with Gasteiger partial charge in [0.1, 0.15) is 0 Å². The molecule has 0 spiro atoms. The number of nitrogens with zero attached hydrogens (tertiary/aromatic N) is 2. The summed E-state index contributed by atoms with van der Waals surface area (Å²) >= 11 is 0. The van der Waals surface area contributed by atoms with Crippen molar-refractivity contribution < 1.29 is 28.8 Å². The van der Waals surface area contributed by atoms with Crippen molar-refractivity contribution in [3.8, 4) is 0 Å². The van der Waals surface area contributed by atoms with E-state index in [0.29, 0.717) is 13.1 Å². The fourth-order valence-corrected chi connectivity index (χ4v) is 2.72. The van der Waals surface area contributed by atoms with Crippen molar-refractivity contribution in [3.63, 3.8) is 0 Å². The van der Waals surface area contributed by atoms with Crippen LogP contribution in [0.5, 0.6) is 0 Å². The second kappa shape index (κ2) is 8.41. The quantitative estimate of drug-likeness (QED) is 0.445. The number of hydrogen-bond donors (Lipinski definition) is 0. The lowest BCUT2D eigenvalue weighted by molar-refractivity contribution is -0.384. The van der Waals surface area contributed by atoms with Crippen molar-refractivity contribution in [1.82, 2.24) is 4.90 Å². The monoisotopic (exact) mass is 364 g/mol. The molecule has 26 heavy (non-hydrogen) atoms. The lowest BCUT2D eigenvalue weighted by Gasteiger charge is -2.28. The van der Waals surface area contributed by atoms with Crippen molar-refractivity contribution in [3.05, 3.63) is 39.4 Å². The van der Waals surface area contributed by atoms with Gasteiger partial charge in [-0.3, -0.25) is 14.9 Å². The predicted molar refractivity (Wildman–Crippen MR) is 89.7 cm³/mol. The standard InChI is InChI=1S/C17H20N2O7/c1-11(15(20)18-6-4-3-5-7-18)26-17(22)13-8-12(16(21)25-2)9-14(10-13)19(23)24/h8-11H,3-7H2,1-2H3/t11-/m1/s1. The van der Waals surface area contributed by atoms with Gasteiger partial charge in [0.15, 0.2) is 6.10 Å². The fourth-order valence-electron chi connectivity index (χ4n) is 2.72. The Bertz CT molecular complexity index is 726. The number of piperidine rings is 1. The number of methoxy groups -OCH3 is 1. The Labute approximate surface area is 150 Å². The van der Waals surface area contributed by atoms with Crippen molar-refractivity contribution in [1.29, 1.82) is 0 Å². The summed E-state index contributed by atoms with van der Waals surface area (Å²) in [5.74, 6) is -2.05. The normalized spacial score (nSPS) is 15.1. The average molecular weight is 364 g/mol. The molecule has 1 fully saturated rings. The van der Waals surface area contributed by atoms with Gasteiger partial charge < -0.3 is 14.4 Å². The van der Waals surface area contributed by atoms with Crippen LogP contribution >= 0.6 is 0 Å². The summed E-state index contributed by atoms with van der Waals surface area (Å²) < 4.78 is 9.68. The van der Waals surface area contributed by atoms with Gasteiger partial charge >= 0.3 is 11.9 Å². The van der Waals surface area contributed by atoms with Crippen molar-refractivity contribution in [2.75, 3.05) is 20.2 Å². The van der Waals surface area contributed by atoms with Gasteiger partial charge in [0.05, 0.1) is 23.2 Å². The number of nitro groups is 1. The minimum absolute atomic E-state index is 0.149. The third kappa shape index (κ3) is 4.56. The van der Waals surface area contributed by atoms with Crippen LogP contribution in [-0.2, 0) is 14.3 Å². The third-order valence-corrected chi connectivity index (χ3v) is 4.08. The Hall–Kier alpha value is -2.97. The van der Waals surface area contributed by atoms with Crippen LogP contribution in [-0.4, -0.2) is 54.0 Å². The van der Waals surface area contributed by atoms with Gasteiger partial charge in [-0.2, -0.15) is 0 Å². The summed E-state index contributed by atoms with van der Waals surface area (Å²) in [5, 5.41) is 11.0. The molecule has 1 amide bonds. The van der Waals surface area contributed by atoms with Gasteiger partial charge in [0, 0.05) is 25.2 Å². The molecular formula is C17H20N2O7. The summed E-state index contributed by atoms with van der Waals surface area (Å²) in [5.41, 5.74) is -0.795. The molecule has 9 heteroatoms. The van der Waals surface area contributed by atoms with Crippen molar-refractivity contribution in [2.24, 2.45) is 0 Å². The zero-order valence-corrected chi connectivity index (χ0v) is 14.6. The summed E-state index contributed by atoms with van der Waals surface area (Å²) in [4.78, 5) is 48.2. The Morgan fingerprint density at radius 1 is 1.08 bits per heavy atom. The number of carbonyl (C=O) groups is 3. The lowest BCUT2D eigenvalue weighted by atomic mass is 10.1. The number of hydrogen-bond acceptors (Lipinski definition) is 7. The highest BCUT2D eigenvalue weighted by atomic mass is 16.6. The molecule has 0 aromatic heterocycles. The van der Waals surface area contributed by atoms with Crippen LogP contribution in [0.4, 0.5) is 5.69 Å². The van der Waals surface area contributed by atoms with Gasteiger partial charge in [-0.1, -0.05) is 0 Å². The van der Waals surface area contributed by atoms with Crippen LogP contribution in [0.1, 0.15) is 46.9 Å². The number of benzene rings is 1. The summed E-state index contributed by atoms with van der Waals surface area (Å²) in [6.07, 6.45) is 1.84. The molecule has 0 radical (unpaired) electrons. The van der Waals surface area contributed by atoms with Crippen molar-refractivity contribution in [2.45, 2.75) is 32.3 Å². The number of rotatable bonds is 5. The SMILES string of the molecule is COC(=O)c1cc(C(=O)O[C@H](C)C(=O)N2CCCCC2)cc([N+](=O)[O-])c1. The van der Waals surface area contributed by atoms with Crippen molar-refractivity contribution >= 4 is 23.5 Å². The maximum absolute atomic E-state index is 12.3. The van der Waals surface area contributed by atoms with E-state index in [1.54, 1.807) is 4.90 Å². The lowest BCUT2D eigenvalue weighted by Crippen LogP contribution is -2.42. The number of likely N-dealkylation sites (tertiary alicyclic amines) is 1. The van der Waals surface area contributed by atoms with E-state index in [1.165, 1.54) is 6.92 Å². The average Bonchev–Trinajstić information content (AvgIpc) is 2.66. The highest BCUT2D eigenvalue weighted by Gasteiger charge is 2.26. The molecule has 1 aromatic carbocycles. The number of nitro benzene ring substituents is 1. The van der Waals surface area contributed by atoms with Gasteiger partial charge in [0.2, 0.25) is 0 Å². The topological polar surface area (TPSA) is 116 Å². The van der Waals surface area contributed by atoms with E-state index in [9.17, 15) is 24.5 Å². The molecular weight excluding hydrogens is 344 g/mol. The van der Waals surface area contributed by atoms with E-state index in [4.69, 9.17) is 4.74 Å². The molecule has 9 nitrogen and oxygen atoms in total. The Morgan fingerprint density at radius 3 is 2.19 bits per heavy atom. The molecule has 1 aliphatic rings. The smallest absolute Gasteiger partial charge is 0.339 e. The molecule has 2 rings (SSSR count). The molecule has 1 aromatic rings. The number of esters is 2. The van der Waals surface area contributed by atoms with Crippen LogP contribution in [0.2, 0.25) is 0 Å². The Kier molecular flexibility index (Phi) is 6.26. The number of carbonyl (C=O) groups excluding carboxylic acids is 3. The fraction of sp³-hybridized carbons (Fsp3) is 0.471. The molecule has 1 atom stereocenters. The molecule has 0 bridgehead atoms. The minimum atomic E-state index is -1.03. The van der Waals surface area contributed by atoms with E-state index in [0.717, 1.165) is 44.6 Å². The highest BCUT2D eigenvalue weighted by molar-refractivity contribution is 5.97. The summed E-state index contributed by atoms with van der Waals surface area (Å²) in [7, 11) is 1.12. The van der Waals surface area contributed by atoms with Crippen LogP contribution in [0.25, 0.3) is 0 Å². The van der Waals surface area contributed by atoms with E-state index >= 15 is 0 Å². The van der Waals surface area contributed by atoms with E-state index in [-0.39, 0.29) is 17.0 Å². The largest absolute Gasteiger partial charge is 0.465 e. The molecule has 0 N–H and O–H groups in total. The second-order valence-corrected chi connectivity index (χ2v) is 5.95.